The molecule has 0 radical (unpaired) electrons. The van der Waals surface area contributed by atoms with Gasteiger partial charge in [0.2, 0.25) is 0 Å². The van der Waals surface area contributed by atoms with E-state index in [1.54, 1.807) is 0 Å². The van der Waals surface area contributed by atoms with Crippen LogP contribution in [-0.2, 0) is 14.3 Å². The van der Waals surface area contributed by atoms with Gasteiger partial charge >= 0.3 is 5.97 Å². The van der Waals surface area contributed by atoms with E-state index in [1.807, 2.05) is 6.92 Å². The lowest BCUT2D eigenvalue weighted by Crippen LogP contribution is -2.05. The highest BCUT2D eigenvalue weighted by molar-refractivity contribution is 5.94. The zero-order valence-corrected chi connectivity index (χ0v) is 9.52. The summed E-state index contributed by atoms with van der Waals surface area (Å²) >= 11 is 0. The van der Waals surface area contributed by atoms with Crippen LogP contribution in [0.1, 0.15) is 26.2 Å². The molecule has 0 amide bonds. The van der Waals surface area contributed by atoms with Crippen molar-refractivity contribution in [1.29, 1.82) is 0 Å². The monoisotopic (exact) mass is 236 g/mol. The maximum Gasteiger partial charge on any atom is 0.310 e. The summed E-state index contributed by atoms with van der Waals surface area (Å²) in [5, 5.41) is 24.3. The third-order valence-electron chi connectivity index (χ3n) is 1.35. The van der Waals surface area contributed by atoms with Crippen LogP contribution in [0.4, 0.5) is 0 Å². The molecule has 0 aliphatic carbocycles. The summed E-state index contributed by atoms with van der Waals surface area (Å²) in [4.78, 5) is 20.3. The Balaban J connectivity index is 0. The Morgan fingerprint density at radius 3 is 1.94 bits per heavy atom. The second-order valence-corrected chi connectivity index (χ2v) is 2.92. The summed E-state index contributed by atoms with van der Waals surface area (Å²) in [5.41, 5.74) is 0. The molecule has 0 saturated carbocycles. The first-order valence-corrected chi connectivity index (χ1v) is 5.11. The van der Waals surface area contributed by atoms with Gasteiger partial charge < -0.3 is 20.1 Å². The zero-order valence-electron chi connectivity index (χ0n) is 9.52. The van der Waals surface area contributed by atoms with Gasteiger partial charge in [-0.3, -0.25) is 9.59 Å². The van der Waals surface area contributed by atoms with Crippen molar-refractivity contribution in [3.63, 3.8) is 0 Å². The number of aliphatic hydroxyl groups excluding tert-OH is 2. The van der Waals surface area contributed by atoms with Crippen molar-refractivity contribution in [2.24, 2.45) is 0 Å². The second kappa shape index (κ2) is 14.0. The molecule has 0 aromatic heterocycles. The quantitative estimate of drug-likeness (QED) is 0.399. The smallest absolute Gasteiger partial charge is 0.310 e. The molecule has 0 aromatic carbocycles. The van der Waals surface area contributed by atoms with Crippen molar-refractivity contribution in [2.75, 3.05) is 26.4 Å². The molecule has 6 nitrogen and oxygen atoms in total. The third-order valence-corrected chi connectivity index (χ3v) is 1.35. The van der Waals surface area contributed by atoms with Crippen molar-refractivity contribution in [2.45, 2.75) is 26.2 Å². The molecular formula is C10H20O6. The summed E-state index contributed by atoms with van der Waals surface area (Å²) in [6, 6.07) is 0. The summed E-state index contributed by atoms with van der Waals surface area (Å²) in [6.07, 6.45) is 0.784. The highest BCUT2D eigenvalue weighted by atomic mass is 16.5. The van der Waals surface area contributed by atoms with Gasteiger partial charge in [0.15, 0.2) is 0 Å². The summed E-state index contributed by atoms with van der Waals surface area (Å²) in [7, 11) is 0. The number of rotatable bonds is 8. The van der Waals surface area contributed by atoms with Gasteiger partial charge in [0.1, 0.15) is 12.2 Å². The molecule has 0 aliphatic rings. The minimum absolute atomic E-state index is 0.0278. The summed E-state index contributed by atoms with van der Waals surface area (Å²) in [6.45, 7) is 2.54. The van der Waals surface area contributed by atoms with E-state index in [0.29, 0.717) is 19.6 Å². The SMILES string of the molecule is CCCC(=O)CC(=O)O.OCCOCCO. The van der Waals surface area contributed by atoms with Crippen LogP contribution in [0.3, 0.4) is 0 Å². The molecule has 0 heterocycles. The number of ether oxygens (including phenoxy) is 1. The molecule has 0 saturated heterocycles. The molecule has 0 aromatic rings. The lowest BCUT2D eigenvalue weighted by Gasteiger charge is -1.94. The maximum absolute atomic E-state index is 10.5. The minimum atomic E-state index is -1.03. The molecule has 0 unspecified atom stereocenters. The second-order valence-electron chi connectivity index (χ2n) is 2.92. The first kappa shape index (κ1) is 17.4. The number of aliphatic carboxylic acids is 1. The van der Waals surface area contributed by atoms with Gasteiger partial charge in [-0.25, -0.2) is 0 Å². The van der Waals surface area contributed by atoms with Crippen molar-refractivity contribution in [3.05, 3.63) is 0 Å². The largest absolute Gasteiger partial charge is 0.481 e. The third kappa shape index (κ3) is 18.7. The van der Waals surface area contributed by atoms with Crippen molar-refractivity contribution in [1.82, 2.24) is 0 Å². The number of carboxylic acid groups (broad SMARTS) is 1. The number of hydrogen-bond donors (Lipinski definition) is 3. The van der Waals surface area contributed by atoms with Gasteiger partial charge in [0, 0.05) is 6.42 Å². The van der Waals surface area contributed by atoms with E-state index in [2.05, 4.69) is 4.74 Å². The minimum Gasteiger partial charge on any atom is -0.481 e. The van der Waals surface area contributed by atoms with Crippen LogP contribution in [0, 0.1) is 0 Å². The number of carboxylic acids is 1. The van der Waals surface area contributed by atoms with E-state index < -0.39 is 5.97 Å². The predicted octanol–water partition coefficient (Wildman–Crippen LogP) is -0.182. The molecule has 0 spiro atoms. The van der Waals surface area contributed by atoms with Gasteiger partial charge in [-0.2, -0.15) is 0 Å². The van der Waals surface area contributed by atoms with E-state index in [4.69, 9.17) is 15.3 Å². The molecule has 0 rings (SSSR count). The van der Waals surface area contributed by atoms with E-state index in [0.717, 1.165) is 6.42 Å². The molecule has 0 atom stereocenters. The van der Waals surface area contributed by atoms with E-state index in [-0.39, 0.29) is 25.4 Å². The summed E-state index contributed by atoms with van der Waals surface area (Å²) < 4.78 is 4.63. The van der Waals surface area contributed by atoms with E-state index in [9.17, 15) is 9.59 Å². The Morgan fingerprint density at radius 2 is 1.62 bits per heavy atom. The lowest BCUT2D eigenvalue weighted by atomic mass is 10.2. The van der Waals surface area contributed by atoms with Crippen LogP contribution in [0.5, 0.6) is 0 Å². The number of carbonyl (C=O) groups is 2. The fourth-order valence-corrected chi connectivity index (χ4v) is 0.767. The fraction of sp³-hybridized carbons (Fsp3) is 0.800. The Labute approximate surface area is 94.8 Å². The van der Waals surface area contributed by atoms with Crippen LogP contribution in [0.15, 0.2) is 0 Å². The van der Waals surface area contributed by atoms with Gasteiger partial charge in [-0.15, -0.1) is 0 Å². The standard InChI is InChI=1S/C6H10O3.C4H10O3/c1-2-3-5(7)4-6(8)9;5-1-3-7-4-2-6/h2-4H2,1H3,(H,8,9);5-6H,1-4H2. The first-order chi connectivity index (χ1) is 7.58. The molecular weight excluding hydrogens is 216 g/mol. The van der Waals surface area contributed by atoms with Crippen molar-refractivity contribution >= 4 is 11.8 Å². The number of Topliss-reactive ketones (excluding diaryl/α,β-unsaturated/α-hetero) is 1. The van der Waals surface area contributed by atoms with Crippen LogP contribution < -0.4 is 0 Å². The highest BCUT2D eigenvalue weighted by Crippen LogP contribution is 1.92. The number of ketones is 1. The van der Waals surface area contributed by atoms with Crippen LogP contribution in [0.2, 0.25) is 0 Å². The van der Waals surface area contributed by atoms with Crippen LogP contribution >= 0.6 is 0 Å². The van der Waals surface area contributed by atoms with E-state index >= 15 is 0 Å². The molecule has 6 heteroatoms. The van der Waals surface area contributed by atoms with Gasteiger partial charge in [0.05, 0.1) is 26.4 Å². The number of carbonyl (C=O) groups excluding carboxylic acids is 1. The highest BCUT2D eigenvalue weighted by Gasteiger charge is 2.04. The normalized spacial score (nSPS) is 9.19. The van der Waals surface area contributed by atoms with Crippen LogP contribution in [0.25, 0.3) is 0 Å². The Hall–Kier alpha value is -0.980. The Bertz CT molecular complexity index is 176. The van der Waals surface area contributed by atoms with Gasteiger partial charge in [0.25, 0.3) is 0 Å². The topological polar surface area (TPSA) is 104 Å². The van der Waals surface area contributed by atoms with Crippen LogP contribution in [-0.4, -0.2) is 53.5 Å². The molecule has 0 aliphatic heterocycles. The molecule has 96 valence electrons. The average Bonchev–Trinajstić information content (AvgIpc) is 2.18. The number of aliphatic hydroxyl groups is 2. The zero-order chi connectivity index (χ0) is 12.8. The van der Waals surface area contributed by atoms with Crippen molar-refractivity contribution in [3.8, 4) is 0 Å². The van der Waals surface area contributed by atoms with E-state index in [1.165, 1.54) is 0 Å². The Kier molecular flexibility index (Phi) is 15.3. The van der Waals surface area contributed by atoms with Crippen molar-refractivity contribution < 1.29 is 29.6 Å². The fourth-order valence-electron chi connectivity index (χ4n) is 0.767. The summed E-state index contributed by atoms with van der Waals surface area (Å²) in [5.74, 6) is -1.22. The maximum atomic E-state index is 10.5. The van der Waals surface area contributed by atoms with Gasteiger partial charge in [-0.1, -0.05) is 6.92 Å². The molecule has 0 bridgehead atoms. The molecule has 3 N–H and O–H groups in total. The number of hydrogen-bond acceptors (Lipinski definition) is 5. The predicted molar refractivity (Wildman–Crippen MR) is 57.2 cm³/mol. The first-order valence-electron chi connectivity index (χ1n) is 5.11. The van der Waals surface area contributed by atoms with Gasteiger partial charge in [-0.05, 0) is 6.42 Å². The Morgan fingerprint density at radius 1 is 1.12 bits per heavy atom. The molecule has 0 fully saturated rings. The molecule has 16 heavy (non-hydrogen) atoms. The average molecular weight is 236 g/mol. The lowest BCUT2D eigenvalue weighted by molar-refractivity contribution is -0.140.